The van der Waals surface area contributed by atoms with Gasteiger partial charge < -0.3 is 9.47 Å². The summed E-state index contributed by atoms with van der Waals surface area (Å²) in [5.41, 5.74) is 1.24. The molecule has 0 unspecified atom stereocenters. The zero-order chi connectivity index (χ0) is 20.0. The van der Waals surface area contributed by atoms with Crippen LogP contribution in [-0.2, 0) is 6.42 Å². The van der Waals surface area contributed by atoms with Crippen molar-refractivity contribution >= 4 is 22.4 Å². The molecule has 0 aromatic heterocycles. The van der Waals surface area contributed by atoms with Crippen LogP contribution in [0.5, 0.6) is 11.5 Å². The van der Waals surface area contributed by atoms with E-state index in [-0.39, 0.29) is 0 Å². The fourth-order valence-corrected chi connectivity index (χ4v) is 3.72. The Morgan fingerprint density at radius 3 is 2.11 bits per heavy atom. The molecule has 0 heterocycles. The van der Waals surface area contributed by atoms with Crippen LogP contribution in [-0.4, -0.2) is 19.1 Å². The maximum atomic E-state index is 6.22. The van der Waals surface area contributed by atoms with Gasteiger partial charge in [-0.3, -0.25) is 0 Å². The second-order valence-electron chi connectivity index (χ2n) is 7.48. The van der Waals surface area contributed by atoms with E-state index in [0.29, 0.717) is 0 Å². The maximum absolute atomic E-state index is 6.22. The predicted octanol–water partition coefficient (Wildman–Crippen LogP) is 7.93. The number of ether oxygens (including phenoxy) is 2. The third-order valence-corrected chi connectivity index (χ3v) is 5.46. The molecule has 2 rings (SSSR count). The molecule has 0 saturated carbocycles. The molecular formula is C25H37ClO2. The highest BCUT2D eigenvalue weighted by molar-refractivity contribution is 6.17. The quantitative estimate of drug-likeness (QED) is 0.221. The topological polar surface area (TPSA) is 18.5 Å². The molecular weight excluding hydrogens is 368 g/mol. The first-order chi connectivity index (χ1) is 13.8. The van der Waals surface area contributed by atoms with Crippen molar-refractivity contribution in [3.8, 4) is 11.5 Å². The van der Waals surface area contributed by atoms with Crippen molar-refractivity contribution in [2.24, 2.45) is 0 Å². The molecule has 0 radical (unpaired) electrons. The Labute approximate surface area is 176 Å². The van der Waals surface area contributed by atoms with Gasteiger partial charge in [-0.25, -0.2) is 0 Å². The van der Waals surface area contributed by atoms with Crippen molar-refractivity contribution in [1.29, 1.82) is 0 Å². The van der Waals surface area contributed by atoms with Crippen molar-refractivity contribution in [3.63, 3.8) is 0 Å². The van der Waals surface area contributed by atoms with Gasteiger partial charge in [-0.1, -0.05) is 76.6 Å². The average Bonchev–Trinajstić information content (AvgIpc) is 2.73. The highest BCUT2D eigenvalue weighted by Crippen LogP contribution is 2.37. The standard InChI is InChI=1S/C25H37ClO2/c1-3-5-13-19-28-25-21(4-2)20-24(22-15-10-11-16-23(22)25)27-18-14-9-7-6-8-12-17-26/h10-11,15-16,20H,3-9,12-14,17-19H2,1-2H3. The normalized spacial score (nSPS) is 11.1. The first-order valence-corrected chi connectivity index (χ1v) is 11.7. The second-order valence-corrected chi connectivity index (χ2v) is 7.85. The van der Waals surface area contributed by atoms with Gasteiger partial charge in [-0.15, -0.1) is 11.6 Å². The number of hydrogen-bond acceptors (Lipinski definition) is 2. The number of fused-ring (bicyclic) bond motifs is 1. The second kappa shape index (κ2) is 13.7. The van der Waals surface area contributed by atoms with Crippen molar-refractivity contribution in [1.82, 2.24) is 0 Å². The van der Waals surface area contributed by atoms with Crippen molar-refractivity contribution < 1.29 is 9.47 Å². The van der Waals surface area contributed by atoms with Gasteiger partial charge in [-0.2, -0.15) is 0 Å². The summed E-state index contributed by atoms with van der Waals surface area (Å²) in [6.07, 6.45) is 11.7. The molecule has 2 aromatic rings. The molecule has 0 aliphatic carbocycles. The van der Waals surface area contributed by atoms with Crippen LogP contribution in [0.3, 0.4) is 0 Å². The van der Waals surface area contributed by atoms with Crippen LogP contribution >= 0.6 is 11.6 Å². The van der Waals surface area contributed by atoms with Gasteiger partial charge in [0.25, 0.3) is 0 Å². The smallest absolute Gasteiger partial charge is 0.130 e. The molecule has 3 heteroatoms. The summed E-state index contributed by atoms with van der Waals surface area (Å²) in [6.45, 7) is 5.97. The van der Waals surface area contributed by atoms with Crippen LogP contribution in [0.25, 0.3) is 10.8 Å². The summed E-state index contributed by atoms with van der Waals surface area (Å²) in [5.74, 6) is 2.82. The molecule has 2 aromatic carbocycles. The van der Waals surface area contributed by atoms with Crippen molar-refractivity contribution in [2.75, 3.05) is 19.1 Å². The molecule has 0 spiro atoms. The molecule has 0 atom stereocenters. The van der Waals surface area contributed by atoms with Crippen LogP contribution in [0, 0.1) is 0 Å². The van der Waals surface area contributed by atoms with Gasteiger partial charge in [0.2, 0.25) is 0 Å². The SMILES string of the molecule is CCCCCOc1c(CC)cc(OCCCCCCCCCl)c2ccccc12. The number of rotatable bonds is 15. The van der Waals surface area contributed by atoms with Gasteiger partial charge in [0, 0.05) is 16.7 Å². The van der Waals surface area contributed by atoms with Gasteiger partial charge in [0.1, 0.15) is 11.5 Å². The van der Waals surface area contributed by atoms with E-state index in [1.54, 1.807) is 0 Å². The van der Waals surface area contributed by atoms with E-state index in [1.165, 1.54) is 49.5 Å². The summed E-state index contributed by atoms with van der Waals surface area (Å²) in [5, 5.41) is 2.33. The van der Waals surface area contributed by atoms with Crippen LogP contribution in [0.4, 0.5) is 0 Å². The molecule has 0 N–H and O–H groups in total. The number of benzene rings is 2. The number of unbranched alkanes of at least 4 members (excludes halogenated alkanes) is 7. The lowest BCUT2D eigenvalue weighted by atomic mass is 10.0. The van der Waals surface area contributed by atoms with E-state index in [2.05, 4.69) is 44.2 Å². The van der Waals surface area contributed by atoms with E-state index in [1.807, 2.05) is 0 Å². The van der Waals surface area contributed by atoms with Crippen molar-refractivity contribution in [3.05, 3.63) is 35.9 Å². The summed E-state index contributed by atoms with van der Waals surface area (Å²) < 4.78 is 12.4. The minimum absolute atomic E-state index is 0.777. The summed E-state index contributed by atoms with van der Waals surface area (Å²) in [7, 11) is 0. The van der Waals surface area contributed by atoms with Gasteiger partial charge in [0.05, 0.1) is 13.2 Å². The molecule has 156 valence electrons. The van der Waals surface area contributed by atoms with E-state index in [4.69, 9.17) is 21.1 Å². The average molecular weight is 405 g/mol. The Morgan fingerprint density at radius 2 is 1.39 bits per heavy atom. The molecule has 0 saturated heterocycles. The number of halogens is 1. The predicted molar refractivity (Wildman–Crippen MR) is 122 cm³/mol. The number of alkyl halides is 1. The monoisotopic (exact) mass is 404 g/mol. The lowest BCUT2D eigenvalue weighted by molar-refractivity contribution is 0.300. The van der Waals surface area contributed by atoms with E-state index in [9.17, 15) is 0 Å². The summed E-state index contributed by atoms with van der Waals surface area (Å²) >= 11 is 5.73. The van der Waals surface area contributed by atoms with Crippen molar-refractivity contribution in [2.45, 2.75) is 78.1 Å². The molecule has 0 amide bonds. The minimum Gasteiger partial charge on any atom is -0.493 e. The van der Waals surface area contributed by atoms with E-state index < -0.39 is 0 Å². The first-order valence-electron chi connectivity index (χ1n) is 11.2. The lowest BCUT2D eigenvalue weighted by Gasteiger charge is -2.17. The highest BCUT2D eigenvalue weighted by atomic mass is 35.5. The minimum atomic E-state index is 0.777. The Morgan fingerprint density at radius 1 is 0.750 bits per heavy atom. The number of aryl methyl sites for hydroxylation is 1. The summed E-state index contributed by atoms with van der Waals surface area (Å²) in [4.78, 5) is 0. The van der Waals surface area contributed by atoms with E-state index >= 15 is 0 Å². The molecule has 0 aliphatic rings. The first kappa shape index (κ1) is 22.9. The van der Waals surface area contributed by atoms with Gasteiger partial charge in [-0.05, 0) is 37.3 Å². The van der Waals surface area contributed by atoms with Crippen LogP contribution in [0.2, 0.25) is 0 Å². The lowest BCUT2D eigenvalue weighted by Crippen LogP contribution is -2.03. The zero-order valence-corrected chi connectivity index (χ0v) is 18.5. The molecule has 0 fully saturated rings. The third kappa shape index (κ3) is 7.20. The maximum Gasteiger partial charge on any atom is 0.130 e. The number of hydrogen-bond donors (Lipinski definition) is 0. The fraction of sp³-hybridized carbons (Fsp3) is 0.600. The Kier molecular flexibility index (Phi) is 11.2. The molecule has 2 nitrogen and oxygen atoms in total. The Bertz CT molecular complexity index is 684. The van der Waals surface area contributed by atoms with Crippen LogP contribution < -0.4 is 9.47 Å². The van der Waals surface area contributed by atoms with Crippen LogP contribution in [0.15, 0.2) is 30.3 Å². The summed E-state index contributed by atoms with van der Waals surface area (Å²) in [6, 6.07) is 10.7. The van der Waals surface area contributed by atoms with Gasteiger partial charge >= 0.3 is 0 Å². The highest BCUT2D eigenvalue weighted by Gasteiger charge is 2.13. The molecule has 0 aliphatic heterocycles. The van der Waals surface area contributed by atoms with Crippen LogP contribution in [0.1, 0.15) is 77.2 Å². The molecule has 28 heavy (non-hydrogen) atoms. The third-order valence-electron chi connectivity index (χ3n) is 5.19. The zero-order valence-electron chi connectivity index (χ0n) is 17.8. The molecule has 0 bridgehead atoms. The van der Waals surface area contributed by atoms with E-state index in [0.717, 1.165) is 61.7 Å². The largest absolute Gasteiger partial charge is 0.493 e. The Balaban J connectivity index is 2.00. The fourth-order valence-electron chi connectivity index (χ4n) is 3.54. The Hall–Kier alpha value is -1.41. The van der Waals surface area contributed by atoms with Gasteiger partial charge in [0.15, 0.2) is 0 Å².